The van der Waals surface area contributed by atoms with Crippen LogP contribution in [0.3, 0.4) is 0 Å². The van der Waals surface area contributed by atoms with E-state index >= 15 is 0 Å². The Bertz CT molecular complexity index is 2310. The normalized spacial score (nSPS) is 13.5. The Labute approximate surface area is 248 Å². The Morgan fingerprint density at radius 2 is 1.26 bits per heavy atom. The number of nitrogens with zero attached hydrogens (tertiary/aromatic N) is 5. The van der Waals surface area contributed by atoms with Gasteiger partial charge in [0.15, 0.2) is 5.82 Å². The number of rotatable bonds is 3. The molecule has 0 unspecified atom stereocenters. The highest BCUT2D eigenvalue weighted by Crippen LogP contribution is 2.47. The molecule has 204 valence electrons. The van der Waals surface area contributed by atoms with Crippen LogP contribution in [0.1, 0.15) is 25.0 Å². The van der Waals surface area contributed by atoms with E-state index < -0.39 is 0 Å². The van der Waals surface area contributed by atoms with Crippen molar-refractivity contribution in [3.8, 4) is 34.2 Å². The zero-order valence-electron chi connectivity index (χ0n) is 23.9. The molecule has 0 radical (unpaired) electrons. The number of imidazole rings is 1. The van der Waals surface area contributed by atoms with Crippen molar-refractivity contribution in [2.45, 2.75) is 19.3 Å². The number of hydrogen-bond acceptors (Lipinski definition) is 3. The van der Waals surface area contributed by atoms with Gasteiger partial charge in [0, 0.05) is 39.8 Å². The van der Waals surface area contributed by atoms with Crippen LogP contribution in [0.15, 0.2) is 128 Å². The highest BCUT2D eigenvalue weighted by Gasteiger charge is 2.36. The predicted octanol–water partition coefficient (Wildman–Crippen LogP) is 8.89. The third-order valence-electron chi connectivity index (χ3n) is 9.02. The van der Waals surface area contributed by atoms with E-state index in [1.54, 1.807) is 0 Å². The lowest BCUT2D eigenvalue weighted by Crippen LogP contribution is -2.26. The molecule has 0 amide bonds. The van der Waals surface area contributed by atoms with Gasteiger partial charge in [-0.1, -0.05) is 92.7 Å². The summed E-state index contributed by atoms with van der Waals surface area (Å²) in [5.74, 6) is 1.56. The molecular weight excluding hydrogens is 526 g/mol. The van der Waals surface area contributed by atoms with Gasteiger partial charge in [-0.3, -0.25) is 4.57 Å². The van der Waals surface area contributed by atoms with Crippen molar-refractivity contribution in [2.75, 3.05) is 0 Å². The fourth-order valence-electron chi connectivity index (χ4n) is 6.94. The Morgan fingerprint density at radius 1 is 0.581 bits per heavy atom. The fourth-order valence-corrected chi connectivity index (χ4v) is 6.94. The zero-order valence-corrected chi connectivity index (χ0v) is 23.9. The van der Waals surface area contributed by atoms with Gasteiger partial charge in [-0.2, -0.15) is 0 Å². The molecule has 0 spiro atoms. The van der Waals surface area contributed by atoms with Gasteiger partial charge in [0.2, 0.25) is 0 Å². The molecule has 1 aliphatic rings. The molecule has 0 N–H and O–H groups in total. The minimum absolute atomic E-state index is 0.232. The molecular formula is C38H27N5. The summed E-state index contributed by atoms with van der Waals surface area (Å²) in [6.07, 6.45) is 3.79. The monoisotopic (exact) mass is 553 g/mol. The molecule has 5 aromatic carbocycles. The van der Waals surface area contributed by atoms with Crippen LogP contribution in [0, 0.1) is 0 Å². The smallest absolute Gasteiger partial charge is 0.159 e. The maximum Gasteiger partial charge on any atom is 0.159 e. The molecule has 5 heteroatoms. The first-order valence-corrected chi connectivity index (χ1v) is 14.6. The molecule has 0 atom stereocenters. The maximum absolute atomic E-state index is 5.15. The first kappa shape index (κ1) is 24.1. The minimum atomic E-state index is -0.232. The van der Waals surface area contributed by atoms with Crippen LogP contribution in [0.4, 0.5) is 0 Å². The van der Waals surface area contributed by atoms with E-state index in [0.717, 1.165) is 39.4 Å². The van der Waals surface area contributed by atoms with Gasteiger partial charge in [-0.05, 0) is 47.5 Å². The second kappa shape index (κ2) is 8.73. The van der Waals surface area contributed by atoms with Gasteiger partial charge in [0.05, 0.1) is 33.3 Å². The number of fused-ring (bicyclic) bond motifs is 5. The summed E-state index contributed by atoms with van der Waals surface area (Å²) < 4.78 is 4.70. The molecule has 0 saturated carbocycles. The maximum atomic E-state index is 5.15. The van der Waals surface area contributed by atoms with E-state index in [2.05, 4.69) is 108 Å². The van der Waals surface area contributed by atoms with E-state index in [1.807, 2.05) is 42.7 Å². The standard InChI is InChI=1S/C38H27N5/c1-38(2)29-15-10-16-31-35(29)43(37(41-31)25-22-39-36(40-23-25)24-11-4-3-5-12-24)34-20-19-26(21-30(34)38)42-32-17-8-6-13-27(32)28-14-7-9-18-33(28)42/h3-23H,1-2H3. The molecule has 43 heavy (non-hydrogen) atoms. The van der Waals surface area contributed by atoms with E-state index in [0.29, 0.717) is 5.82 Å². The summed E-state index contributed by atoms with van der Waals surface area (Å²) in [5, 5.41) is 2.52. The largest absolute Gasteiger partial charge is 0.309 e. The summed E-state index contributed by atoms with van der Waals surface area (Å²) >= 11 is 0. The lowest BCUT2D eigenvalue weighted by Gasteiger charge is -2.35. The first-order valence-electron chi connectivity index (χ1n) is 14.6. The van der Waals surface area contributed by atoms with Gasteiger partial charge in [-0.15, -0.1) is 0 Å². The highest BCUT2D eigenvalue weighted by atomic mass is 15.1. The van der Waals surface area contributed by atoms with Crippen molar-refractivity contribution < 1.29 is 0 Å². The third-order valence-corrected chi connectivity index (χ3v) is 9.02. The van der Waals surface area contributed by atoms with Gasteiger partial charge in [-0.25, -0.2) is 15.0 Å². The topological polar surface area (TPSA) is 48.5 Å². The summed E-state index contributed by atoms with van der Waals surface area (Å²) in [5.41, 5.74) is 11.0. The molecule has 8 aromatic rings. The first-order chi connectivity index (χ1) is 21.1. The van der Waals surface area contributed by atoms with Crippen molar-refractivity contribution >= 4 is 32.8 Å². The molecule has 3 aromatic heterocycles. The zero-order chi connectivity index (χ0) is 28.7. The van der Waals surface area contributed by atoms with Crippen LogP contribution in [0.25, 0.3) is 67.0 Å². The number of benzene rings is 5. The van der Waals surface area contributed by atoms with Crippen LogP contribution in [-0.4, -0.2) is 24.1 Å². The molecule has 4 heterocycles. The van der Waals surface area contributed by atoms with Crippen LogP contribution in [0.5, 0.6) is 0 Å². The number of aromatic nitrogens is 5. The van der Waals surface area contributed by atoms with Gasteiger partial charge in [0.25, 0.3) is 0 Å². The van der Waals surface area contributed by atoms with Crippen LogP contribution < -0.4 is 0 Å². The molecule has 9 rings (SSSR count). The second-order valence-electron chi connectivity index (χ2n) is 11.8. The summed E-state index contributed by atoms with van der Waals surface area (Å²) in [4.78, 5) is 14.6. The van der Waals surface area contributed by atoms with Crippen molar-refractivity contribution in [2.24, 2.45) is 0 Å². The molecule has 0 bridgehead atoms. The fraction of sp³-hybridized carbons (Fsp3) is 0.0789. The van der Waals surface area contributed by atoms with Crippen LogP contribution in [-0.2, 0) is 5.41 Å². The lowest BCUT2D eigenvalue weighted by atomic mass is 9.74. The molecule has 1 aliphatic heterocycles. The highest BCUT2D eigenvalue weighted by molar-refractivity contribution is 6.09. The summed E-state index contributed by atoms with van der Waals surface area (Å²) in [6.45, 7) is 4.65. The SMILES string of the molecule is CC1(C)c2cc(-n3c4ccccc4c4ccccc43)ccc2-n2c(-c3cnc(-c4ccccc4)nc3)nc3cccc1c32. The Kier molecular flexibility index (Phi) is 4.89. The Hall–Kier alpha value is -5.55. The Morgan fingerprint density at radius 3 is 1.98 bits per heavy atom. The quantitative estimate of drug-likeness (QED) is 0.220. The summed E-state index contributed by atoms with van der Waals surface area (Å²) in [7, 11) is 0. The van der Waals surface area contributed by atoms with E-state index in [-0.39, 0.29) is 5.41 Å². The molecule has 0 aliphatic carbocycles. The molecule has 5 nitrogen and oxygen atoms in total. The van der Waals surface area contributed by atoms with Crippen LogP contribution >= 0.6 is 0 Å². The summed E-state index contributed by atoms with van der Waals surface area (Å²) in [6, 6.07) is 40.8. The molecule has 0 saturated heterocycles. The van der Waals surface area contributed by atoms with Gasteiger partial charge < -0.3 is 4.57 Å². The van der Waals surface area contributed by atoms with Gasteiger partial charge in [0.1, 0.15) is 5.82 Å². The van der Waals surface area contributed by atoms with E-state index in [1.165, 1.54) is 32.9 Å². The second-order valence-corrected chi connectivity index (χ2v) is 11.8. The average molecular weight is 554 g/mol. The van der Waals surface area contributed by atoms with Crippen LogP contribution in [0.2, 0.25) is 0 Å². The average Bonchev–Trinajstić information content (AvgIpc) is 3.61. The van der Waals surface area contributed by atoms with Crippen molar-refractivity contribution in [1.29, 1.82) is 0 Å². The number of para-hydroxylation sites is 3. The van der Waals surface area contributed by atoms with E-state index in [9.17, 15) is 0 Å². The van der Waals surface area contributed by atoms with E-state index in [4.69, 9.17) is 15.0 Å². The molecule has 0 fully saturated rings. The number of hydrogen-bond donors (Lipinski definition) is 0. The lowest BCUT2D eigenvalue weighted by molar-refractivity contribution is 0.628. The predicted molar refractivity (Wildman–Crippen MR) is 174 cm³/mol. The van der Waals surface area contributed by atoms with Crippen molar-refractivity contribution in [1.82, 2.24) is 24.1 Å². The third kappa shape index (κ3) is 3.36. The van der Waals surface area contributed by atoms with Crippen molar-refractivity contribution in [3.63, 3.8) is 0 Å². The van der Waals surface area contributed by atoms with Crippen molar-refractivity contribution in [3.05, 3.63) is 139 Å². The Balaban J connectivity index is 1.28. The van der Waals surface area contributed by atoms with Gasteiger partial charge >= 0.3 is 0 Å². The minimum Gasteiger partial charge on any atom is -0.309 e.